The zero-order chi connectivity index (χ0) is 14.0. The molecule has 2 N–H and O–H groups in total. The Morgan fingerprint density at radius 2 is 1.84 bits per heavy atom. The molecule has 1 aromatic carbocycles. The SMILES string of the molecule is COc1ncc(N)cc1-c1ccccc1C(F)(F)F. The second-order valence-electron chi connectivity index (χ2n) is 3.87. The van der Waals surface area contributed by atoms with Gasteiger partial charge in [-0.25, -0.2) is 4.98 Å². The quantitative estimate of drug-likeness (QED) is 0.908. The van der Waals surface area contributed by atoms with Crippen LogP contribution in [0.15, 0.2) is 36.5 Å². The van der Waals surface area contributed by atoms with Crippen molar-refractivity contribution in [1.29, 1.82) is 0 Å². The zero-order valence-electron chi connectivity index (χ0n) is 10.0. The average Bonchev–Trinajstić information content (AvgIpc) is 2.37. The zero-order valence-corrected chi connectivity index (χ0v) is 10.0. The van der Waals surface area contributed by atoms with Gasteiger partial charge >= 0.3 is 6.18 Å². The Morgan fingerprint density at radius 1 is 1.16 bits per heavy atom. The molecule has 0 aliphatic rings. The predicted octanol–water partition coefficient (Wildman–Crippen LogP) is 3.36. The van der Waals surface area contributed by atoms with E-state index in [0.717, 1.165) is 6.07 Å². The first kappa shape index (κ1) is 13.2. The second-order valence-corrected chi connectivity index (χ2v) is 3.87. The largest absolute Gasteiger partial charge is 0.481 e. The highest BCUT2D eigenvalue weighted by atomic mass is 19.4. The summed E-state index contributed by atoms with van der Waals surface area (Å²) in [7, 11) is 1.35. The number of hydrogen-bond acceptors (Lipinski definition) is 3. The van der Waals surface area contributed by atoms with Crippen LogP contribution in [0.3, 0.4) is 0 Å². The van der Waals surface area contributed by atoms with Crippen molar-refractivity contribution in [3.8, 4) is 17.0 Å². The Balaban J connectivity index is 2.69. The maximum atomic E-state index is 13.0. The van der Waals surface area contributed by atoms with Crippen molar-refractivity contribution in [3.63, 3.8) is 0 Å². The highest BCUT2D eigenvalue weighted by Crippen LogP contribution is 2.39. The van der Waals surface area contributed by atoms with Crippen molar-refractivity contribution < 1.29 is 17.9 Å². The fraction of sp³-hybridized carbons (Fsp3) is 0.154. The number of alkyl halides is 3. The highest BCUT2D eigenvalue weighted by molar-refractivity contribution is 5.74. The lowest BCUT2D eigenvalue weighted by molar-refractivity contribution is -0.137. The molecule has 0 fully saturated rings. The van der Waals surface area contributed by atoms with Crippen molar-refractivity contribution in [2.45, 2.75) is 6.18 Å². The molecular formula is C13H11F3N2O. The van der Waals surface area contributed by atoms with Crippen molar-refractivity contribution in [3.05, 3.63) is 42.1 Å². The van der Waals surface area contributed by atoms with Crippen LogP contribution in [-0.2, 0) is 6.18 Å². The summed E-state index contributed by atoms with van der Waals surface area (Å²) in [6, 6.07) is 6.64. The second kappa shape index (κ2) is 4.79. The summed E-state index contributed by atoms with van der Waals surface area (Å²) in [4.78, 5) is 3.88. The van der Waals surface area contributed by atoms with Crippen molar-refractivity contribution in [1.82, 2.24) is 4.98 Å². The fourth-order valence-electron chi connectivity index (χ4n) is 1.79. The molecule has 6 heteroatoms. The normalized spacial score (nSPS) is 11.4. The van der Waals surface area contributed by atoms with Crippen LogP contribution in [0.5, 0.6) is 5.88 Å². The first-order valence-corrected chi connectivity index (χ1v) is 5.39. The number of halogens is 3. The first-order valence-electron chi connectivity index (χ1n) is 5.39. The summed E-state index contributed by atoms with van der Waals surface area (Å²) in [6.45, 7) is 0. The minimum absolute atomic E-state index is 0.00773. The van der Waals surface area contributed by atoms with E-state index < -0.39 is 11.7 Å². The molecule has 0 saturated carbocycles. The van der Waals surface area contributed by atoms with Gasteiger partial charge in [-0.15, -0.1) is 0 Å². The van der Waals surface area contributed by atoms with Crippen molar-refractivity contribution >= 4 is 5.69 Å². The average molecular weight is 268 g/mol. The predicted molar refractivity (Wildman–Crippen MR) is 65.6 cm³/mol. The molecule has 2 aromatic rings. The number of hydrogen-bond donors (Lipinski definition) is 1. The Hall–Kier alpha value is -2.24. The number of rotatable bonds is 2. The summed E-state index contributed by atoms with van der Waals surface area (Å²) in [5, 5.41) is 0. The first-order chi connectivity index (χ1) is 8.93. The van der Waals surface area contributed by atoms with E-state index in [-0.39, 0.29) is 22.7 Å². The van der Waals surface area contributed by atoms with Gasteiger partial charge in [-0.1, -0.05) is 18.2 Å². The molecule has 0 amide bonds. The van der Waals surface area contributed by atoms with Crippen LogP contribution in [0.4, 0.5) is 18.9 Å². The molecular weight excluding hydrogens is 257 g/mol. The fourth-order valence-corrected chi connectivity index (χ4v) is 1.79. The van der Waals surface area contributed by atoms with E-state index in [2.05, 4.69) is 4.98 Å². The lowest BCUT2D eigenvalue weighted by Crippen LogP contribution is -2.07. The maximum Gasteiger partial charge on any atom is 0.417 e. The lowest BCUT2D eigenvalue weighted by Gasteiger charge is -2.14. The van der Waals surface area contributed by atoms with Crippen LogP contribution >= 0.6 is 0 Å². The third kappa shape index (κ3) is 2.62. The van der Waals surface area contributed by atoms with Crippen LogP contribution in [0.1, 0.15) is 5.56 Å². The summed E-state index contributed by atoms with van der Waals surface area (Å²) < 4.78 is 43.9. The van der Waals surface area contributed by atoms with Crippen LogP contribution in [0.25, 0.3) is 11.1 Å². The van der Waals surface area contributed by atoms with Crippen LogP contribution in [0.2, 0.25) is 0 Å². The molecule has 0 aliphatic heterocycles. The van der Waals surface area contributed by atoms with Gasteiger partial charge in [0.25, 0.3) is 0 Å². The van der Waals surface area contributed by atoms with Gasteiger partial charge in [-0.05, 0) is 17.7 Å². The molecule has 3 nitrogen and oxygen atoms in total. The molecule has 0 aliphatic carbocycles. The molecule has 1 aromatic heterocycles. The molecule has 0 unspecified atom stereocenters. The Kier molecular flexibility index (Phi) is 3.33. The molecule has 0 spiro atoms. The molecule has 1 heterocycles. The molecule has 0 radical (unpaired) electrons. The van der Waals surface area contributed by atoms with Gasteiger partial charge in [-0.2, -0.15) is 13.2 Å². The van der Waals surface area contributed by atoms with Gasteiger partial charge in [0.1, 0.15) is 0 Å². The minimum Gasteiger partial charge on any atom is -0.481 e. The van der Waals surface area contributed by atoms with Crippen molar-refractivity contribution in [2.75, 3.05) is 12.8 Å². The Morgan fingerprint density at radius 3 is 2.47 bits per heavy atom. The molecule has 2 rings (SSSR count). The molecule has 0 saturated heterocycles. The van der Waals surface area contributed by atoms with Crippen molar-refractivity contribution in [2.24, 2.45) is 0 Å². The third-order valence-corrected chi connectivity index (χ3v) is 2.59. The van der Waals surface area contributed by atoms with Crippen LogP contribution in [-0.4, -0.2) is 12.1 Å². The number of anilines is 1. The lowest BCUT2D eigenvalue weighted by atomic mass is 10.00. The van der Waals surface area contributed by atoms with Gasteiger partial charge < -0.3 is 10.5 Å². The molecule has 100 valence electrons. The monoisotopic (exact) mass is 268 g/mol. The van der Waals surface area contributed by atoms with E-state index in [1.54, 1.807) is 0 Å². The summed E-state index contributed by atoms with van der Waals surface area (Å²) in [5.41, 5.74) is 5.31. The molecule has 0 atom stereocenters. The van der Waals surface area contributed by atoms with Gasteiger partial charge in [0.15, 0.2) is 0 Å². The molecule has 19 heavy (non-hydrogen) atoms. The standard InChI is InChI=1S/C13H11F3N2O/c1-19-12-10(6-8(17)7-18-12)9-4-2-3-5-11(9)13(14,15)16/h2-7H,17H2,1H3. The van der Waals surface area contributed by atoms with Crippen LogP contribution < -0.4 is 10.5 Å². The summed E-state index contributed by atoms with van der Waals surface area (Å²) >= 11 is 0. The third-order valence-electron chi connectivity index (χ3n) is 2.59. The topological polar surface area (TPSA) is 48.1 Å². The van der Waals surface area contributed by atoms with E-state index in [1.165, 1.54) is 37.6 Å². The number of aromatic nitrogens is 1. The van der Waals surface area contributed by atoms with Gasteiger partial charge in [0.05, 0.1) is 24.6 Å². The number of pyridine rings is 1. The van der Waals surface area contributed by atoms with E-state index >= 15 is 0 Å². The van der Waals surface area contributed by atoms with Gasteiger partial charge in [0.2, 0.25) is 5.88 Å². The Labute approximate surface area is 107 Å². The Bertz CT molecular complexity index is 597. The number of benzene rings is 1. The number of nitrogens with two attached hydrogens (primary N) is 1. The van der Waals surface area contributed by atoms with E-state index in [4.69, 9.17) is 10.5 Å². The minimum atomic E-state index is -4.45. The van der Waals surface area contributed by atoms with E-state index in [0.29, 0.717) is 0 Å². The molecule has 0 bridgehead atoms. The van der Waals surface area contributed by atoms with E-state index in [1.807, 2.05) is 0 Å². The number of nitrogen functional groups attached to an aromatic ring is 1. The van der Waals surface area contributed by atoms with Crippen LogP contribution in [0, 0.1) is 0 Å². The van der Waals surface area contributed by atoms with Gasteiger partial charge in [-0.3, -0.25) is 0 Å². The van der Waals surface area contributed by atoms with E-state index in [9.17, 15) is 13.2 Å². The smallest absolute Gasteiger partial charge is 0.417 e. The maximum absolute atomic E-state index is 13.0. The number of ether oxygens (including phenoxy) is 1. The number of methoxy groups -OCH3 is 1. The number of nitrogens with zero attached hydrogens (tertiary/aromatic N) is 1. The summed E-state index contributed by atoms with van der Waals surface area (Å²) in [6.07, 6.45) is -3.12. The highest BCUT2D eigenvalue weighted by Gasteiger charge is 2.34. The summed E-state index contributed by atoms with van der Waals surface area (Å²) in [5.74, 6) is 0.103. The van der Waals surface area contributed by atoms with Gasteiger partial charge in [0, 0.05) is 5.56 Å².